The highest BCUT2D eigenvalue weighted by atomic mass is 16.6. The number of carbonyl (C=O) groups is 1. The highest BCUT2D eigenvalue weighted by Gasteiger charge is 2.39. The maximum atomic E-state index is 11.8. The van der Waals surface area contributed by atoms with E-state index < -0.39 is 10.5 Å². The number of benzene rings is 1. The molecule has 1 aromatic rings. The molecule has 1 fully saturated rings. The summed E-state index contributed by atoms with van der Waals surface area (Å²) in [5, 5.41) is 20.0. The summed E-state index contributed by atoms with van der Waals surface area (Å²) in [4.78, 5) is 23.3. The van der Waals surface area contributed by atoms with E-state index in [1.54, 1.807) is 6.92 Å². The van der Waals surface area contributed by atoms with Gasteiger partial charge in [-0.15, -0.1) is 0 Å². The van der Waals surface area contributed by atoms with Gasteiger partial charge in [-0.2, -0.15) is 0 Å². The number of likely N-dealkylation sites (tertiary alicyclic amines) is 1. The van der Waals surface area contributed by atoms with Crippen molar-refractivity contribution in [2.75, 3.05) is 13.1 Å². The van der Waals surface area contributed by atoms with Crippen LogP contribution in [0.4, 0.5) is 5.69 Å². The number of aliphatic hydroxyl groups is 1. The Morgan fingerprint density at radius 1 is 1.41 bits per heavy atom. The lowest BCUT2D eigenvalue weighted by Gasteiger charge is -2.44. The first-order valence-electron chi connectivity index (χ1n) is 5.15. The molecule has 0 radical (unpaired) electrons. The number of hydrogen-bond donors (Lipinski definition) is 1. The minimum Gasteiger partial charge on any atom is -0.386 e. The quantitative estimate of drug-likeness (QED) is 0.608. The lowest BCUT2D eigenvalue weighted by atomic mass is 9.96. The van der Waals surface area contributed by atoms with Gasteiger partial charge < -0.3 is 10.0 Å². The van der Waals surface area contributed by atoms with E-state index in [4.69, 9.17) is 0 Å². The first-order valence-corrected chi connectivity index (χ1v) is 5.15. The van der Waals surface area contributed by atoms with Crippen LogP contribution in [-0.4, -0.2) is 39.5 Å². The Labute approximate surface area is 97.6 Å². The van der Waals surface area contributed by atoms with Gasteiger partial charge in [-0.3, -0.25) is 14.9 Å². The Morgan fingerprint density at radius 3 is 2.35 bits per heavy atom. The first-order chi connectivity index (χ1) is 7.89. The summed E-state index contributed by atoms with van der Waals surface area (Å²) in [6.07, 6.45) is 0. The van der Waals surface area contributed by atoms with Gasteiger partial charge in [-0.25, -0.2) is 0 Å². The number of amides is 1. The van der Waals surface area contributed by atoms with Crippen LogP contribution in [0.25, 0.3) is 0 Å². The molecule has 1 aliphatic heterocycles. The Bertz CT molecular complexity index is 459. The van der Waals surface area contributed by atoms with Gasteiger partial charge in [0.05, 0.1) is 23.6 Å². The average molecular weight is 236 g/mol. The van der Waals surface area contributed by atoms with Gasteiger partial charge in [0.2, 0.25) is 0 Å². The fraction of sp³-hybridized carbons (Fsp3) is 0.364. The minimum atomic E-state index is -0.809. The molecule has 6 heteroatoms. The van der Waals surface area contributed by atoms with Crippen molar-refractivity contribution in [2.24, 2.45) is 0 Å². The number of hydrogen-bond acceptors (Lipinski definition) is 4. The molecule has 1 heterocycles. The van der Waals surface area contributed by atoms with Gasteiger partial charge in [0, 0.05) is 17.7 Å². The van der Waals surface area contributed by atoms with Crippen LogP contribution in [0.1, 0.15) is 17.3 Å². The van der Waals surface area contributed by atoms with Crippen molar-refractivity contribution < 1.29 is 14.8 Å². The molecule has 0 aliphatic carbocycles. The smallest absolute Gasteiger partial charge is 0.269 e. The molecule has 1 saturated heterocycles. The van der Waals surface area contributed by atoms with Gasteiger partial charge in [-0.05, 0) is 19.1 Å². The number of β-amino-alcohol motifs (C(OH)–C–C–N with tert-alkyl or cyclic N) is 1. The molecule has 0 unspecified atom stereocenters. The van der Waals surface area contributed by atoms with Crippen molar-refractivity contribution in [3.8, 4) is 0 Å². The van der Waals surface area contributed by atoms with Crippen LogP contribution in [0.5, 0.6) is 0 Å². The van der Waals surface area contributed by atoms with Crippen molar-refractivity contribution in [3.63, 3.8) is 0 Å². The molecule has 0 bridgehead atoms. The number of nitro benzene ring substituents is 1. The highest BCUT2D eigenvalue weighted by molar-refractivity contribution is 5.95. The molecule has 1 aromatic carbocycles. The van der Waals surface area contributed by atoms with Gasteiger partial charge in [0.1, 0.15) is 0 Å². The number of nitro groups is 1. The summed E-state index contributed by atoms with van der Waals surface area (Å²) in [6, 6.07) is 5.44. The summed E-state index contributed by atoms with van der Waals surface area (Å²) in [5.41, 5.74) is -0.459. The van der Waals surface area contributed by atoms with Gasteiger partial charge >= 0.3 is 0 Å². The van der Waals surface area contributed by atoms with Crippen LogP contribution >= 0.6 is 0 Å². The van der Waals surface area contributed by atoms with E-state index >= 15 is 0 Å². The minimum absolute atomic E-state index is 0.0443. The van der Waals surface area contributed by atoms with E-state index in [9.17, 15) is 20.0 Å². The zero-order valence-corrected chi connectivity index (χ0v) is 9.29. The zero-order chi connectivity index (χ0) is 12.6. The molecule has 1 N–H and O–H groups in total. The maximum absolute atomic E-state index is 11.8. The van der Waals surface area contributed by atoms with Crippen LogP contribution in [-0.2, 0) is 0 Å². The monoisotopic (exact) mass is 236 g/mol. The second kappa shape index (κ2) is 3.81. The third-order valence-corrected chi connectivity index (χ3v) is 2.68. The average Bonchev–Trinajstić information content (AvgIpc) is 2.25. The van der Waals surface area contributed by atoms with Crippen LogP contribution < -0.4 is 0 Å². The Kier molecular flexibility index (Phi) is 2.59. The van der Waals surface area contributed by atoms with E-state index in [2.05, 4.69) is 0 Å². The molecular weight excluding hydrogens is 224 g/mol. The maximum Gasteiger partial charge on any atom is 0.269 e. The SMILES string of the molecule is CC1(O)CN(C(=O)c2ccc([N+](=O)[O-])cc2)C1. The van der Waals surface area contributed by atoms with E-state index in [-0.39, 0.29) is 11.6 Å². The van der Waals surface area contributed by atoms with Crippen molar-refractivity contribution in [2.45, 2.75) is 12.5 Å². The molecule has 1 aliphatic rings. The molecule has 1 amide bonds. The molecule has 0 spiro atoms. The molecule has 17 heavy (non-hydrogen) atoms. The van der Waals surface area contributed by atoms with Crippen LogP contribution in [0.15, 0.2) is 24.3 Å². The number of rotatable bonds is 2. The molecule has 6 nitrogen and oxygen atoms in total. The van der Waals surface area contributed by atoms with E-state index in [0.717, 1.165) is 0 Å². The summed E-state index contributed by atoms with van der Waals surface area (Å²) in [5.74, 6) is -0.216. The Balaban J connectivity index is 2.08. The number of nitrogens with zero attached hydrogens (tertiary/aromatic N) is 2. The standard InChI is InChI=1S/C11H12N2O4/c1-11(15)6-12(7-11)10(14)8-2-4-9(5-3-8)13(16)17/h2-5,15H,6-7H2,1H3. The summed E-state index contributed by atoms with van der Waals surface area (Å²) in [7, 11) is 0. The lowest BCUT2D eigenvalue weighted by Crippen LogP contribution is -2.61. The molecule has 0 saturated carbocycles. The van der Waals surface area contributed by atoms with Crippen molar-refractivity contribution in [1.82, 2.24) is 4.90 Å². The van der Waals surface area contributed by atoms with Crippen LogP contribution in [0.2, 0.25) is 0 Å². The predicted octanol–water partition coefficient (Wildman–Crippen LogP) is 0.802. The predicted molar refractivity (Wildman–Crippen MR) is 59.6 cm³/mol. The van der Waals surface area contributed by atoms with Gasteiger partial charge in [-0.1, -0.05) is 0 Å². The summed E-state index contributed by atoms with van der Waals surface area (Å²) < 4.78 is 0. The van der Waals surface area contributed by atoms with Crippen molar-refractivity contribution in [1.29, 1.82) is 0 Å². The molecule has 0 atom stereocenters. The first kappa shape index (κ1) is 11.5. The third-order valence-electron chi connectivity index (χ3n) is 2.68. The summed E-state index contributed by atoms with van der Waals surface area (Å²) >= 11 is 0. The summed E-state index contributed by atoms with van der Waals surface area (Å²) in [6.45, 7) is 2.25. The second-order valence-electron chi connectivity index (χ2n) is 4.46. The fourth-order valence-electron chi connectivity index (χ4n) is 1.83. The second-order valence-corrected chi connectivity index (χ2v) is 4.46. The fourth-order valence-corrected chi connectivity index (χ4v) is 1.83. The molecule has 0 aromatic heterocycles. The topological polar surface area (TPSA) is 83.7 Å². The van der Waals surface area contributed by atoms with Crippen LogP contribution in [0.3, 0.4) is 0 Å². The number of non-ortho nitro benzene ring substituents is 1. The van der Waals surface area contributed by atoms with E-state index in [1.165, 1.54) is 29.2 Å². The van der Waals surface area contributed by atoms with Crippen molar-refractivity contribution in [3.05, 3.63) is 39.9 Å². The largest absolute Gasteiger partial charge is 0.386 e. The molecular formula is C11H12N2O4. The zero-order valence-electron chi connectivity index (χ0n) is 9.29. The lowest BCUT2D eigenvalue weighted by molar-refractivity contribution is -0.384. The normalized spacial score (nSPS) is 17.4. The van der Waals surface area contributed by atoms with E-state index in [1.807, 2.05) is 0 Å². The Morgan fingerprint density at radius 2 is 1.94 bits per heavy atom. The van der Waals surface area contributed by atoms with Crippen LogP contribution in [0, 0.1) is 10.1 Å². The number of carbonyl (C=O) groups excluding carboxylic acids is 1. The van der Waals surface area contributed by atoms with Crippen molar-refractivity contribution >= 4 is 11.6 Å². The van der Waals surface area contributed by atoms with Gasteiger partial charge in [0.15, 0.2) is 0 Å². The third kappa shape index (κ3) is 2.26. The highest BCUT2D eigenvalue weighted by Crippen LogP contribution is 2.22. The van der Waals surface area contributed by atoms with Gasteiger partial charge in [0.25, 0.3) is 11.6 Å². The molecule has 90 valence electrons. The molecule has 2 rings (SSSR count). The Hall–Kier alpha value is -1.95. The van der Waals surface area contributed by atoms with E-state index in [0.29, 0.717) is 18.7 Å².